The fourth-order valence-electron chi connectivity index (χ4n) is 1.32. The Hall–Kier alpha value is -0.730. The zero-order valence-electron chi connectivity index (χ0n) is 7.99. The summed E-state index contributed by atoms with van der Waals surface area (Å²) in [4.78, 5) is 0. The lowest BCUT2D eigenvalue weighted by Gasteiger charge is -2.09. The molecule has 1 rings (SSSR count). The van der Waals surface area contributed by atoms with Gasteiger partial charge in [0.15, 0.2) is 0 Å². The van der Waals surface area contributed by atoms with E-state index in [1.165, 1.54) is 0 Å². The van der Waals surface area contributed by atoms with Crippen molar-refractivity contribution < 1.29 is 10.2 Å². The first kappa shape index (κ1) is 11.3. The lowest BCUT2D eigenvalue weighted by Crippen LogP contribution is -2.10. The number of phenols is 1. The third-order valence-corrected chi connectivity index (χ3v) is 2.35. The van der Waals surface area contributed by atoms with Crippen molar-refractivity contribution in [3.8, 4) is 5.75 Å². The summed E-state index contributed by atoms with van der Waals surface area (Å²) in [5.74, 6) is 0.844. The van der Waals surface area contributed by atoms with Gasteiger partial charge in [0, 0.05) is 5.88 Å². The van der Waals surface area contributed by atoms with E-state index in [1.807, 2.05) is 12.1 Å². The Morgan fingerprint density at radius 3 is 2.43 bits per heavy atom. The van der Waals surface area contributed by atoms with Gasteiger partial charge in [0.25, 0.3) is 0 Å². The third kappa shape index (κ3) is 3.99. The predicted molar refractivity (Wildman–Crippen MR) is 57.8 cm³/mol. The van der Waals surface area contributed by atoms with E-state index in [2.05, 4.69) is 0 Å². The first-order chi connectivity index (χ1) is 6.72. The van der Waals surface area contributed by atoms with Crippen molar-refractivity contribution in [3.63, 3.8) is 0 Å². The maximum Gasteiger partial charge on any atom is 0.115 e. The van der Waals surface area contributed by atoms with Gasteiger partial charge in [-0.15, -0.1) is 11.6 Å². The maximum absolute atomic E-state index is 9.58. The number of alkyl halides is 1. The van der Waals surface area contributed by atoms with Gasteiger partial charge in [-0.1, -0.05) is 12.1 Å². The number of aliphatic hydroxyl groups is 1. The van der Waals surface area contributed by atoms with E-state index < -0.39 is 0 Å². The molecule has 0 aliphatic carbocycles. The molecule has 0 radical (unpaired) electrons. The van der Waals surface area contributed by atoms with Gasteiger partial charge in [-0.05, 0) is 37.0 Å². The maximum atomic E-state index is 9.58. The van der Waals surface area contributed by atoms with Crippen LogP contribution in [0, 0.1) is 0 Å². The van der Waals surface area contributed by atoms with Crippen LogP contribution in [0.3, 0.4) is 0 Å². The Labute approximate surface area is 89.1 Å². The number of aliphatic hydroxyl groups excluding tert-OH is 1. The van der Waals surface area contributed by atoms with Gasteiger partial charge in [-0.3, -0.25) is 0 Å². The summed E-state index contributed by atoms with van der Waals surface area (Å²) in [6, 6.07) is 6.89. The molecule has 0 aromatic heterocycles. The van der Waals surface area contributed by atoms with Gasteiger partial charge < -0.3 is 10.2 Å². The monoisotopic (exact) mass is 214 g/mol. The molecule has 0 saturated heterocycles. The second kappa shape index (κ2) is 5.89. The van der Waals surface area contributed by atoms with Crippen LogP contribution in [-0.4, -0.2) is 22.2 Å². The minimum atomic E-state index is -0.335. The highest BCUT2D eigenvalue weighted by molar-refractivity contribution is 6.17. The lowest BCUT2D eigenvalue weighted by molar-refractivity contribution is 0.164. The van der Waals surface area contributed by atoms with E-state index in [0.29, 0.717) is 12.3 Å². The minimum absolute atomic E-state index is 0.254. The molecule has 0 spiro atoms. The summed E-state index contributed by atoms with van der Waals surface area (Å²) >= 11 is 5.53. The number of halogens is 1. The zero-order chi connectivity index (χ0) is 10.4. The molecule has 2 nitrogen and oxygen atoms in total. The normalized spacial score (nSPS) is 12.7. The summed E-state index contributed by atoms with van der Waals surface area (Å²) in [5, 5.41) is 18.6. The molecule has 0 saturated carbocycles. The van der Waals surface area contributed by atoms with E-state index in [0.717, 1.165) is 18.4 Å². The van der Waals surface area contributed by atoms with Crippen molar-refractivity contribution in [2.24, 2.45) is 0 Å². The van der Waals surface area contributed by atoms with Gasteiger partial charge in [0.2, 0.25) is 0 Å². The fourth-order valence-corrected chi connectivity index (χ4v) is 1.47. The van der Waals surface area contributed by atoms with E-state index in [1.54, 1.807) is 12.1 Å². The smallest absolute Gasteiger partial charge is 0.115 e. The first-order valence-electron chi connectivity index (χ1n) is 4.74. The van der Waals surface area contributed by atoms with Crippen LogP contribution in [0.2, 0.25) is 0 Å². The number of phenolic OH excluding ortho intramolecular Hbond substituents is 1. The molecule has 1 unspecified atom stereocenters. The largest absolute Gasteiger partial charge is 0.508 e. The summed E-state index contributed by atoms with van der Waals surface area (Å²) in [6.45, 7) is 0. The molecular formula is C11H15ClO2. The Balaban J connectivity index is 2.39. The Morgan fingerprint density at radius 2 is 1.86 bits per heavy atom. The molecule has 0 aliphatic heterocycles. The molecule has 3 heteroatoms. The van der Waals surface area contributed by atoms with Crippen molar-refractivity contribution in [1.82, 2.24) is 0 Å². The molecule has 0 bridgehead atoms. The Bertz CT molecular complexity index is 258. The Morgan fingerprint density at radius 1 is 1.21 bits per heavy atom. The third-order valence-electron chi connectivity index (χ3n) is 2.08. The van der Waals surface area contributed by atoms with E-state index in [9.17, 15) is 5.11 Å². The predicted octanol–water partition coefficient (Wildman–Crippen LogP) is 2.31. The molecule has 0 amide bonds. The van der Waals surface area contributed by atoms with E-state index >= 15 is 0 Å². The van der Waals surface area contributed by atoms with E-state index in [-0.39, 0.29) is 11.9 Å². The molecule has 0 fully saturated rings. The Kier molecular flexibility index (Phi) is 4.77. The number of benzene rings is 1. The molecule has 1 aromatic rings. The molecular weight excluding hydrogens is 200 g/mol. The van der Waals surface area contributed by atoms with Crippen molar-refractivity contribution in [2.75, 3.05) is 5.88 Å². The highest BCUT2D eigenvalue weighted by Gasteiger charge is 2.04. The van der Waals surface area contributed by atoms with Gasteiger partial charge >= 0.3 is 0 Å². The molecule has 78 valence electrons. The van der Waals surface area contributed by atoms with E-state index in [4.69, 9.17) is 16.7 Å². The average molecular weight is 215 g/mol. The molecule has 0 heterocycles. The molecule has 1 aromatic carbocycles. The summed E-state index contributed by atoms with van der Waals surface area (Å²) in [7, 11) is 0. The summed E-state index contributed by atoms with van der Waals surface area (Å²) in [6.07, 6.45) is 1.85. The molecule has 1 atom stereocenters. The quantitative estimate of drug-likeness (QED) is 0.739. The molecule has 0 aliphatic rings. The van der Waals surface area contributed by atoms with Crippen LogP contribution in [0.15, 0.2) is 24.3 Å². The van der Waals surface area contributed by atoms with Crippen molar-refractivity contribution in [3.05, 3.63) is 29.8 Å². The first-order valence-corrected chi connectivity index (χ1v) is 5.28. The summed E-state index contributed by atoms with van der Waals surface area (Å²) < 4.78 is 0. The van der Waals surface area contributed by atoms with Crippen LogP contribution < -0.4 is 0 Å². The van der Waals surface area contributed by atoms with Gasteiger partial charge in [0.05, 0.1) is 6.10 Å². The zero-order valence-corrected chi connectivity index (χ0v) is 8.74. The fraction of sp³-hybridized carbons (Fsp3) is 0.455. The van der Waals surface area contributed by atoms with Crippen LogP contribution in [0.1, 0.15) is 18.4 Å². The van der Waals surface area contributed by atoms with Crippen molar-refractivity contribution >= 4 is 11.6 Å². The van der Waals surface area contributed by atoms with Gasteiger partial charge in [-0.25, -0.2) is 0 Å². The van der Waals surface area contributed by atoms with Crippen LogP contribution >= 0.6 is 11.6 Å². The average Bonchev–Trinajstić information content (AvgIpc) is 2.18. The molecule has 2 N–H and O–H groups in total. The van der Waals surface area contributed by atoms with Crippen LogP contribution in [0.4, 0.5) is 0 Å². The minimum Gasteiger partial charge on any atom is -0.508 e. The SMILES string of the molecule is Oc1ccc(CC(O)CCCCl)cc1. The molecule has 14 heavy (non-hydrogen) atoms. The van der Waals surface area contributed by atoms with Gasteiger partial charge in [0.1, 0.15) is 5.75 Å². The van der Waals surface area contributed by atoms with Crippen molar-refractivity contribution in [1.29, 1.82) is 0 Å². The van der Waals surface area contributed by atoms with Crippen LogP contribution in [0.25, 0.3) is 0 Å². The van der Waals surface area contributed by atoms with Crippen LogP contribution in [-0.2, 0) is 6.42 Å². The second-order valence-electron chi connectivity index (χ2n) is 3.36. The number of rotatable bonds is 5. The highest BCUT2D eigenvalue weighted by atomic mass is 35.5. The summed E-state index contributed by atoms with van der Waals surface area (Å²) in [5.41, 5.74) is 1.03. The van der Waals surface area contributed by atoms with Crippen LogP contribution in [0.5, 0.6) is 5.75 Å². The number of hydrogen-bond donors (Lipinski definition) is 2. The lowest BCUT2D eigenvalue weighted by atomic mass is 10.0. The number of aromatic hydroxyl groups is 1. The topological polar surface area (TPSA) is 40.5 Å². The highest BCUT2D eigenvalue weighted by Crippen LogP contribution is 2.12. The number of hydrogen-bond acceptors (Lipinski definition) is 2. The van der Waals surface area contributed by atoms with Gasteiger partial charge in [-0.2, -0.15) is 0 Å². The van der Waals surface area contributed by atoms with Crippen molar-refractivity contribution in [2.45, 2.75) is 25.4 Å². The standard InChI is InChI=1S/C11H15ClO2/c12-7-1-2-11(14)8-9-3-5-10(13)6-4-9/h3-6,11,13-14H,1-2,7-8H2. The second-order valence-corrected chi connectivity index (χ2v) is 3.73.